The van der Waals surface area contributed by atoms with Crippen molar-refractivity contribution in [3.05, 3.63) is 30.6 Å². The second-order valence-corrected chi connectivity index (χ2v) is 9.70. The molecule has 0 radical (unpaired) electrons. The molecule has 1 aliphatic rings. The molecule has 1 aromatic carbocycles. The molecule has 2 aromatic rings. The molecule has 11 nitrogen and oxygen atoms in total. The number of esters is 1. The van der Waals surface area contributed by atoms with Crippen LogP contribution >= 0.6 is 0 Å². The van der Waals surface area contributed by atoms with Gasteiger partial charge in [0.1, 0.15) is 0 Å². The van der Waals surface area contributed by atoms with Gasteiger partial charge in [-0.15, -0.1) is 0 Å². The maximum Gasteiger partial charge on any atom is 0.333 e. The molecule has 0 saturated heterocycles. The molecule has 1 amide bonds. The number of methoxy groups -OCH3 is 1. The summed E-state index contributed by atoms with van der Waals surface area (Å²) in [6.07, 6.45) is 4.06. The van der Waals surface area contributed by atoms with Gasteiger partial charge in [-0.2, -0.15) is 5.10 Å². The maximum atomic E-state index is 12.6. The van der Waals surface area contributed by atoms with E-state index in [1.54, 1.807) is 19.9 Å². The van der Waals surface area contributed by atoms with E-state index in [2.05, 4.69) is 15.1 Å². The first-order valence-corrected chi connectivity index (χ1v) is 11.9. The van der Waals surface area contributed by atoms with Gasteiger partial charge < -0.3 is 19.5 Å². The lowest BCUT2D eigenvalue weighted by atomic mass is 10.1. The number of carbonyl (C=O) groups excluding carboxylic acids is 2. The summed E-state index contributed by atoms with van der Waals surface area (Å²) in [5.74, 6) is 0.136. The minimum atomic E-state index is -3.76. The third-order valence-corrected chi connectivity index (χ3v) is 6.48. The molecule has 0 atom stereocenters. The molecule has 0 fully saturated rings. The molecule has 0 spiro atoms. The van der Waals surface area contributed by atoms with E-state index in [9.17, 15) is 18.0 Å². The number of nitrogens with zero attached hydrogens (tertiary/aromatic N) is 2. The molecule has 12 heteroatoms. The van der Waals surface area contributed by atoms with Gasteiger partial charge in [0.2, 0.25) is 15.9 Å². The zero-order valence-electron chi connectivity index (χ0n) is 18.8. The largest absolute Gasteiger partial charge is 0.490 e. The highest BCUT2D eigenvalue weighted by Gasteiger charge is 2.31. The van der Waals surface area contributed by atoms with E-state index >= 15 is 0 Å². The average molecular weight is 481 g/mol. The van der Waals surface area contributed by atoms with Crippen molar-refractivity contribution < 1.29 is 32.2 Å². The van der Waals surface area contributed by atoms with Crippen LogP contribution in [0, 0.1) is 0 Å². The lowest BCUT2D eigenvalue weighted by molar-refractivity contribution is -0.150. The number of sulfonamides is 1. The van der Waals surface area contributed by atoms with Crippen LogP contribution in [0.4, 0.5) is 5.69 Å². The van der Waals surface area contributed by atoms with Crippen LogP contribution in [0.5, 0.6) is 11.5 Å². The topological polar surface area (TPSA) is 138 Å². The van der Waals surface area contributed by atoms with E-state index in [4.69, 9.17) is 14.2 Å². The highest BCUT2D eigenvalue weighted by atomic mass is 32.2. The maximum absolute atomic E-state index is 12.6. The monoisotopic (exact) mass is 480 g/mol. The van der Waals surface area contributed by atoms with Crippen LogP contribution in [0.3, 0.4) is 0 Å². The van der Waals surface area contributed by atoms with Crippen molar-refractivity contribution >= 4 is 27.6 Å². The number of nitrogens with one attached hydrogen (secondary N) is 2. The Labute approximate surface area is 192 Å². The number of benzene rings is 1. The Morgan fingerprint density at radius 1 is 1.21 bits per heavy atom. The molecular formula is C21H28N4O7S. The fraction of sp³-hybridized carbons (Fsp3) is 0.476. The number of hydrogen-bond acceptors (Lipinski definition) is 8. The zero-order valence-corrected chi connectivity index (χ0v) is 19.6. The lowest BCUT2D eigenvalue weighted by Crippen LogP contribution is -2.37. The molecule has 0 bridgehead atoms. The molecule has 180 valence electrons. The number of ether oxygens (including phenoxy) is 3. The van der Waals surface area contributed by atoms with Crippen LogP contribution in [0.25, 0.3) is 0 Å². The number of anilines is 1. The van der Waals surface area contributed by atoms with Crippen molar-refractivity contribution in [1.29, 1.82) is 0 Å². The summed E-state index contributed by atoms with van der Waals surface area (Å²) in [7, 11) is -2.47. The first kappa shape index (κ1) is 24.5. The molecule has 2 N–H and O–H groups in total. The summed E-state index contributed by atoms with van der Waals surface area (Å²) in [4.78, 5) is 24.1. The Balaban J connectivity index is 1.48. The van der Waals surface area contributed by atoms with Crippen molar-refractivity contribution in [2.24, 2.45) is 0 Å². The van der Waals surface area contributed by atoms with E-state index in [0.717, 1.165) is 6.42 Å². The van der Waals surface area contributed by atoms with Gasteiger partial charge >= 0.3 is 5.97 Å². The van der Waals surface area contributed by atoms with E-state index in [1.165, 1.54) is 36.3 Å². The molecule has 1 aliphatic heterocycles. The van der Waals surface area contributed by atoms with Gasteiger partial charge in [0.15, 0.2) is 17.0 Å². The van der Waals surface area contributed by atoms with Gasteiger partial charge in [0.05, 0.1) is 37.1 Å². The minimum Gasteiger partial charge on any atom is -0.490 e. The number of rotatable bonds is 9. The Hall–Kier alpha value is -3.12. The number of amides is 1. The van der Waals surface area contributed by atoms with Gasteiger partial charge in [0.25, 0.3) is 0 Å². The number of aromatic nitrogens is 2. The van der Waals surface area contributed by atoms with E-state index in [1.807, 2.05) is 0 Å². The summed E-state index contributed by atoms with van der Waals surface area (Å²) < 4.78 is 44.8. The van der Waals surface area contributed by atoms with Crippen LogP contribution in [0.15, 0.2) is 35.5 Å². The van der Waals surface area contributed by atoms with Crippen LogP contribution in [-0.4, -0.2) is 56.9 Å². The SMILES string of the molecule is COC(=O)C(C)(C)n1cc(NC(=O)CCCNS(=O)(=O)c2ccc3c(c2)OCCCO3)cn1. The second kappa shape index (κ2) is 10.2. The number of fused-ring (bicyclic) bond motifs is 1. The lowest BCUT2D eigenvalue weighted by Gasteiger charge is -2.21. The molecule has 3 rings (SSSR count). The third kappa shape index (κ3) is 6.02. The predicted octanol–water partition coefficient (Wildman–Crippen LogP) is 1.65. The Bertz CT molecular complexity index is 1110. The van der Waals surface area contributed by atoms with Crippen molar-refractivity contribution in [3.63, 3.8) is 0 Å². The highest BCUT2D eigenvalue weighted by Crippen LogP contribution is 2.31. The minimum absolute atomic E-state index is 0.0665. The van der Waals surface area contributed by atoms with Crippen molar-refractivity contribution in [2.75, 3.05) is 32.2 Å². The van der Waals surface area contributed by atoms with Crippen LogP contribution < -0.4 is 19.5 Å². The van der Waals surface area contributed by atoms with Crippen molar-refractivity contribution in [3.8, 4) is 11.5 Å². The summed E-state index contributed by atoms with van der Waals surface area (Å²) in [6, 6.07) is 4.46. The number of hydrogen-bond donors (Lipinski definition) is 2. The van der Waals surface area contributed by atoms with E-state index < -0.39 is 21.5 Å². The third-order valence-electron chi connectivity index (χ3n) is 5.03. The first-order chi connectivity index (χ1) is 15.6. The Morgan fingerprint density at radius 2 is 1.94 bits per heavy atom. The molecule has 0 saturated carbocycles. The standard InChI is InChI=1S/C21H28N4O7S/c1-21(2,20(27)30-3)25-14-15(13-22-25)24-19(26)6-4-9-23-33(28,29)16-7-8-17-18(12-16)32-11-5-10-31-17/h7-8,12-14,23H,4-6,9-11H2,1-3H3,(H,24,26). The average Bonchev–Trinajstić information content (AvgIpc) is 3.12. The summed E-state index contributed by atoms with van der Waals surface area (Å²) >= 11 is 0. The quantitative estimate of drug-likeness (QED) is 0.408. The summed E-state index contributed by atoms with van der Waals surface area (Å²) in [6.45, 7) is 4.35. The summed E-state index contributed by atoms with van der Waals surface area (Å²) in [5.41, 5.74) is -0.604. The van der Waals surface area contributed by atoms with E-state index in [0.29, 0.717) is 30.4 Å². The van der Waals surface area contributed by atoms with Crippen LogP contribution in [0.1, 0.15) is 33.1 Å². The fourth-order valence-corrected chi connectivity index (χ4v) is 4.20. The van der Waals surface area contributed by atoms with Gasteiger partial charge in [-0.3, -0.25) is 9.48 Å². The highest BCUT2D eigenvalue weighted by molar-refractivity contribution is 7.89. The van der Waals surface area contributed by atoms with Crippen LogP contribution in [0.2, 0.25) is 0 Å². The normalized spacial score (nSPS) is 13.8. The smallest absolute Gasteiger partial charge is 0.333 e. The van der Waals surface area contributed by atoms with Gasteiger partial charge in [0, 0.05) is 31.6 Å². The van der Waals surface area contributed by atoms with Gasteiger partial charge in [-0.1, -0.05) is 0 Å². The van der Waals surface area contributed by atoms with Crippen LogP contribution in [-0.2, 0) is 29.9 Å². The number of carbonyl (C=O) groups is 2. The van der Waals surface area contributed by atoms with Gasteiger partial charge in [-0.25, -0.2) is 17.9 Å². The van der Waals surface area contributed by atoms with Gasteiger partial charge in [-0.05, 0) is 32.4 Å². The molecule has 2 heterocycles. The van der Waals surface area contributed by atoms with Crippen molar-refractivity contribution in [2.45, 2.75) is 43.5 Å². The predicted molar refractivity (Wildman–Crippen MR) is 119 cm³/mol. The zero-order chi connectivity index (χ0) is 24.1. The summed E-state index contributed by atoms with van der Waals surface area (Å²) in [5, 5.41) is 6.78. The Kier molecular flexibility index (Phi) is 7.59. The Morgan fingerprint density at radius 3 is 2.67 bits per heavy atom. The molecule has 1 aromatic heterocycles. The van der Waals surface area contributed by atoms with Crippen molar-refractivity contribution in [1.82, 2.24) is 14.5 Å². The molecule has 33 heavy (non-hydrogen) atoms. The second-order valence-electron chi connectivity index (χ2n) is 7.93. The molecular weight excluding hydrogens is 452 g/mol. The molecule has 0 aliphatic carbocycles. The fourth-order valence-electron chi connectivity index (χ4n) is 3.11. The molecule has 0 unspecified atom stereocenters. The van der Waals surface area contributed by atoms with E-state index in [-0.39, 0.29) is 30.2 Å². The first-order valence-electron chi connectivity index (χ1n) is 10.5.